The number of esters is 1. The quantitative estimate of drug-likeness (QED) is 0.212. The van der Waals surface area contributed by atoms with Crippen LogP contribution < -0.4 is 14.8 Å². The molecule has 1 aliphatic rings. The number of ether oxygens (including phenoxy) is 3. The standard InChI is InChI=1S/C22H21IN2O8/c1-3-30-17-10-13(9-16(23)19(17)33-12-18(26)31-4-2)8-15-20(27)24-22(29)25(21(15)28)11-14-6-5-7-32-14/h5-10H,3-4,11-12H2,1-2H3,(H,24,27,29)/b15-8+. The minimum absolute atomic E-state index is 0.120. The molecule has 0 spiro atoms. The third-order valence-corrected chi connectivity index (χ3v) is 5.16. The van der Waals surface area contributed by atoms with E-state index < -0.39 is 23.8 Å². The zero-order chi connectivity index (χ0) is 24.0. The van der Waals surface area contributed by atoms with Crippen LogP contribution in [0.25, 0.3) is 6.08 Å². The first kappa shape index (κ1) is 24.3. The number of amides is 4. The molecule has 0 bridgehead atoms. The van der Waals surface area contributed by atoms with E-state index in [1.165, 1.54) is 12.3 Å². The number of imide groups is 2. The molecular weight excluding hydrogens is 547 g/mol. The topological polar surface area (TPSA) is 124 Å². The fraction of sp³-hybridized carbons (Fsp3) is 0.273. The summed E-state index contributed by atoms with van der Waals surface area (Å²) in [7, 11) is 0. The number of barbiturate groups is 1. The SMILES string of the molecule is CCOC(=O)COc1c(I)cc(/C=C2\C(=O)NC(=O)N(Cc3ccco3)C2=O)cc1OCC. The molecule has 4 amide bonds. The molecule has 0 saturated carbocycles. The van der Waals surface area contributed by atoms with Crippen LogP contribution in [0.4, 0.5) is 4.79 Å². The number of benzene rings is 1. The van der Waals surface area contributed by atoms with Crippen molar-refractivity contribution in [1.82, 2.24) is 10.2 Å². The second-order valence-corrected chi connectivity index (χ2v) is 7.81. The molecule has 2 heterocycles. The van der Waals surface area contributed by atoms with Gasteiger partial charge in [0.05, 0.1) is 29.6 Å². The minimum Gasteiger partial charge on any atom is -0.490 e. The van der Waals surface area contributed by atoms with E-state index in [0.717, 1.165) is 4.90 Å². The molecule has 0 atom stereocenters. The van der Waals surface area contributed by atoms with Crippen LogP contribution in [0.15, 0.2) is 40.5 Å². The van der Waals surface area contributed by atoms with Gasteiger partial charge in [0, 0.05) is 0 Å². The van der Waals surface area contributed by atoms with Crippen molar-refractivity contribution in [2.24, 2.45) is 0 Å². The smallest absolute Gasteiger partial charge is 0.344 e. The van der Waals surface area contributed by atoms with Gasteiger partial charge in [0.2, 0.25) is 0 Å². The average molecular weight is 568 g/mol. The summed E-state index contributed by atoms with van der Waals surface area (Å²) in [5, 5.41) is 2.16. The van der Waals surface area contributed by atoms with E-state index in [0.29, 0.717) is 33.0 Å². The number of rotatable bonds is 9. The summed E-state index contributed by atoms with van der Waals surface area (Å²) >= 11 is 2.00. The van der Waals surface area contributed by atoms with Gasteiger partial charge in [0.25, 0.3) is 11.8 Å². The van der Waals surface area contributed by atoms with Crippen LogP contribution in [0.3, 0.4) is 0 Å². The zero-order valence-corrected chi connectivity index (χ0v) is 20.0. The molecule has 174 valence electrons. The molecule has 10 nitrogen and oxygen atoms in total. The molecule has 1 aromatic heterocycles. The first-order valence-electron chi connectivity index (χ1n) is 10.00. The largest absolute Gasteiger partial charge is 0.490 e. The van der Waals surface area contributed by atoms with Crippen molar-refractivity contribution in [3.8, 4) is 11.5 Å². The van der Waals surface area contributed by atoms with E-state index in [-0.39, 0.29) is 25.3 Å². The third kappa shape index (κ3) is 5.92. The van der Waals surface area contributed by atoms with Gasteiger partial charge in [0.1, 0.15) is 11.3 Å². The Labute approximate surface area is 203 Å². The first-order valence-corrected chi connectivity index (χ1v) is 11.1. The highest BCUT2D eigenvalue weighted by atomic mass is 127. The molecule has 1 aliphatic heterocycles. The zero-order valence-electron chi connectivity index (χ0n) is 17.9. The van der Waals surface area contributed by atoms with Crippen molar-refractivity contribution in [3.05, 3.63) is 51.0 Å². The fourth-order valence-electron chi connectivity index (χ4n) is 2.97. The van der Waals surface area contributed by atoms with Gasteiger partial charge in [-0.05, 0) is 72.3 Å². The minimum atomic E-state index is -0.828. The highest BCUT2D eigenvalue weighted by molar-refractivity contribution is 14.1. The lowest BCUT2D eigenvalue weighted by Crippen LogP contribution is -2.53. The van der Waals surface area contributed by atoms with Crippen molar-refractivity contribution in [1.29, 1.82) is 0 Å². The summed E-state index contributed by atoms with van der Waals surface area (Å²) in [4.78, 5) is 50.0. The van der Waals surface area contributed by atoms with E-state index in [9.17, 15) is 19.2 Å². The maximum absolute atomic E-state index is 12.9. The Kier molecular flexibility index (Phi) is 8.09. The van der Waals surface area contributed by atoms with Crippen LogP contribution in [0.2, 0.25) is 0 Å². The third-order valence-electron chi connectivity index (χ3n) is 4.36. The van der Waals surface area contributed by atoms with Gasteiger partial charge in [-0.25, -0.2) is 9.59 Å². The Morgan fingerprint density at radius 3 is 2.64 bits per heavy atom. The van der Waals surface area contributed by atoms with E-state index in [1.807, 2.05) is 22.6 Å². The van der Waals surface area contributed by atoms with Crippen LogP contribution in [0.5, 0.6) is 11.5 Å². The molecule has 2 aromatic rings. The van der Waals surface area contributed by atoms with Crippen LogP contribution >= 0.6 is 22.6 Å². The highest BCUT2D eigenvalue weighted by Crippen LogP contribution is 2.35. The van der Waals surface area contributed by atoms with Gasteiger partial charge in [-0.2, -0.15) is 0 Å². The van der Waals surface area contributed by atoms with Crippen molar-refractivity contribution in [3.63, 3.8) is 0 Å². The monoisotopic (exact) mass is 568 g/mol. The molecule has 1 saturated heterocycles. The number of furan rings is 1. The summed E-state index contributed by atoms with van der Waals surface area (Å²) < 4.78 is 21.9. The second-order valence-electron chi connectivity index (χ2n) is 6.64. The number of nitrogens with zero attached hydrogens (tertiary/aromatic N) is 1. The van der Waals surface area contributed by atoms with Crippen LogP contribution in [-0.2, 0) is 25.7 Å². The number of nitrogens with one attached hydrogen (secondary N) is 1. The predicted molar refractivity (Wildman–Crippen MR) is 123 cm³/mol. The molecule has 0 radical (unpaired) electrons. The lowest BCUT2D eigenvalue weighted by molar-refractivity contribution is -0.145. The van der Waals surface area contributed by atoms with Gasteiger partial charge >= 0.3 is 12.0 Å². The first-order chi connectivity index (χ1) is 15.8. The summed E-state index contributed by atoms with van der Waals surface area (Å²) in [5.74, 6) is -1.03. The molecule has 1 N–H and O–H groups in total. The molecule has 0 unspecified atom stereocenters. The average Bonchev–Trinajstić information content (AvgIpc) is 3.27. The number of carbonyl (C=O) groups is 4. The maximum atomic E-state index is 12.9. The van der Waals surface area contributed by atoms with Gasteiger partial charge in [-0.15, -0.1) is 0 Å². The Morgan fingerprint density at radius 1 is 1.18 bits per heavy atom. The highest BCUT2D eigenvalue weighted by Gasteiger charge is 2.36. The van der Waals surface area contributed by atoms with E-state index in [4.69, 9.17) is 18.6 Å². The van der Waals surface area contributed by atoms with E-state index in [2.05, 4.69) is 5.32 Å². The van der Waals surface area contributed by atoms with E-state index >= 15 is 0 Å². The van der Waals surface area contributed by atoms with Gasteiger partial charge in [0.15, 0.2) is 18.1 Å². The van der Waals surface area contributed by atoms with Crippen molar-refractivity contribution in [2.75, 3.05) is 19.8 Å². The second kappa shape index (κ2) is 11.0. The molecule has 0 aliphatic carbocycles. The van der Waals surface area contributed by atoms with Crippen LogP contribution in [-0.4, -0.2) is 48.5 Å². The molecule has 33 heavy (non-hydrogen) atoms. The van der Waals surface area contributed by atoms with Crippen molar-refractivity contribution >= 4 is 52.5 Å². The number of halogens is 1. The summed E-state index contributed by atoms with van der Waals surface area (Å²) in [5.41, 5.74) is 0.247. The van der Waals surface area contributed by atoms with Crippen molar-refractivity contribution in [2.45, 2.75) is 20.4 Å². The lowest BCUT2D eigenvalue weighted by Gasteiger charge is -2.25. The Balaban J connectivity index is 1.90. The number of urea groups is 1. The normalized spacial score (nSPS) is 14.9. The Bertz CT molecular complexity index is 1090. The van der Waals surface area contributed by atoms with Gasteiger partial charge in [-0.3, -0.25) is 19.8 Å². The maximum Gasteiger partial charge on any atom is 0.344 e. The summed E-state index contributed by atoms with van der Waals surface area (Å²) in [6, 6.07) is 5.65. The Morgan fingerprint density at radius 2 is 1.97 bits per heavy atom. The fourth-order valence-corrected chi connectivity index (χ4v) is 3.75. The van der Waals surface area contributed by atoms with Crippen LogP contribution in [0.1, 0.15) is 25.2 Å². The molecule has 11 heteroatoms. The molecular formula is C22H21IN2O8. The number of hydrogen-bond acceptors (Lipinski definition) is 8. The number of hydrogen-bond donors (Lipinski definition) is 1. The summed E-state index contributed by atoms with van der Waals surface area (Å²) in [6.45, 7) is 3.61. The van der Waals surface area contributed by atoms with Crippen LogP contribution in [0, 0.1) is 3.57 Å². The lowest BCUT2D eigenvalue weighted by atomic mass is 10.1. The number of carbonyl (C=O) groups excluding carboxylic acids is 4. The van der Waals surface area contributed by atoms with E-state index in [1.54, 1.807) is 38.1 Å². The van der Waals surface area contributed by atoms with Gasteiger partial charge in [-0.1, -0.05) is 0 Å². The molecule has 1 fully saturated rings. The predicted octanol–water partition coefficient (Wildman–Crippen LogP) is 2.89. The molecule has 1 aromatic carbocycles. The van der Waals surface area contributed by atoms with Gasteiger partial charge < -0.3 is 18.6 Å². The van der Waals surface area contributed by atoms with Crippen molar-refractivity contribution < 1.29 is 37.8 Å². The molecule has 3 rings (SSSR count). The summed E-state index contributed by atoms with van der Waals surface area (Å²) in [6.07, 6.45) is 2.78. The Hall–Kier alpha value is -3.35.